The van der Waals surface area contributed by atoms with Crippen LogP contribution in [0.15, 0.2) is 47.6 Å². The SMILES string of the molecule is O=C1C=CC(=O)C(CCCCCCCCCC2=CC(=O)C=CC2=O)=C1. The Morgan fingerprint density at radius 2 is 0.840 bits per heavy atom. The van der Waals surface area contributed by atoms with Crippen LogP contribution in [-0.2, 0) is 19.2 Å². The van der Waals surface area contributed by atoms with Crippen molar-refractivity contribution in [2.45, 2.75) is 57.8 Å². The summed E-state index contributed by atoms with van der Waals surface area (Å²) < 4.78 is 0. The van der Waals surface area contributed by atoms with Crippen LogP contribution in [0, 0.1) is 0 Å². The van der Waals surface area contributed by atoms with Crippen molar-refractivity contribution in [3.8, 4) is 0 Å². The van der Waals surface area contributed by atoms with Crippen LogP contribution >= 0.6 is 0 Å². The van der Waals surface area contributed by atoms with Crippen molar-refractivity contribution in [3.05, 3.63) is 47.6 Å². The summed E-state index contributed by atoms with van der Waals surface area (Å²) in [4.78, 5) is 45.7. The zero-order chi connectivity index (χ0) is 18.1. The van der Waals surface area contributed by atoms with Crippen LogP contribution in [0.4, 0.5) is 0 Å². The van der Waals surface area contributed by atoms with E-state index in [9.17, 15) is 19.2 Å². The first-order valence-corrected chi connectivity index (χ1v) is 9.00. The summed E-state index contributed by atoms with van der Waals surface area (Å²) in [7, 11) is 0. The van der Waals surface area contributed by atoms with Crippen molar-refractivity contribution >= 4 is 23.1 Å². The lowest BCUT2D eigenvalue weighted by molar-refractivity contribution is -0.114. The summed E-state index contributed by atoms with van der Waals surface area (Å²) in [6.07, 6.45) is 16.9. The number of carbonyl (C=O) groups is 4. The molecule has 4 heteroatoms. The third kappa shape index (κ3) is 6.57. The summed E-state index contributed by atoms with van der Waals surface area (Å²) >= 11 is 0. The predicted octanol–water partition coefficient (Wildman–Crippen LogP) is 3.77. The van der Waals surface area contributed by atoms with Gasteiger partial charge in [-0.15, -0.1) is 0 Å². The number of rotatable bonds is 10. The number of hydrogen-bond donors (Lipinski definition) is 0. The predicted molar refractivity (Wildman–Crippen MR) is 96.0 cm³/mol. The van der Waals surface area contributed by atoms with E-state index in [2.05, 4.69) is 0 Å². The Kier molecular flexibility index (Phi) is 7.45. The minimum absolute atomic E-state index is 0.0421. The maximum absolute atomic E-state index is 11.6. The third-order valence-electron chi connectivity index (χ3n) is 4.46. The van der Waals surface area contributed by atoms with Gasteiger partial charge < -0.3 is 0 Å². The monoisotopic (exact) mass is 340 g/mol. The molecule has 0 bridgehead atoms. The summed E-state index contributed by atoms with van der Waals surface area (Å²) in [5.74, 6) is -0.282. The van der Waals surface area contributed by atoms with Crippen LogP contribution < -0.4 is 0 Å². The van der Waals surface area contributed by atoms with Gasteiger partial charge in [-0.1, -0.05) is 32.1 Å². The number of allylic oxidation sites excluding steroid dienone is 8. The molecule has 0 aromatic rings. The molecule has 25 heavy (non-hydrogen) atoms. The number of unbranched alkanes of at least 4 members (excludes halogenated alkanes) is 6. The van der Waals surface area contributed by atoms with Crippen LogP contribution in [0.2, 0.25) is 0 Å². The number of carbonyl (C=O) groups excluding carboxylic acids is 4. The normalized spacial score (nSPS) is 17.1. The highest BCUT2D eigenvalue weighted by molar-refractivity contribution is 6.17. The fourth-order valence-corrected chi connectivity index (χ4v) is 3.02. The molecule has 0 heterocycles. The summed E-state index contributed by atoms with van der Waals surface area (Å²) in [5.41, 5.74) is 1.25. The second-order valence-corrected chi connectivity index (χ2v) is 6.51. The average molecular weight is 340 g/mol. The molecule has 0 saturated carbocycles. The van der Waals surface area contributed by atoms with Crippen LogP contribution in [0.3, 0.4) is 0 Å². The minimum atomic E-state index is -0.0987. The van der Waals surface area contributed by atoms with Crippen molar-refractivity contribution < 1.29 is 19.2 Å². The number of ketones is 4. The molecule has 0 amide bonds. The van der Waals surface area contributed by atoms with Crippen molar-refractivity contribution in [2.75, 3.05) is 0 Å². The summed E-state index contributed by atoms with van der Waals surface area (Å²) in [6, 6.07) is 0. The Bertz CT molecular complexity index is 616. The Morgan fingerprint density at radius 1 is 0.480 bits per heavy atom. The van der Waals surface area contributed by atoms with Gasteiger partial charge >= 0.3 is 0 Å². The van der Waals surface area contributed by atoms with E-state index in [0.717, 1.165) is 44.9 Å². The second kappa shape index (κ2) is 9.82. The molecule has 4 nitrogen and oxygen atoms in total. The van der Waals surface area contributed by atoms with Gasteiger partial charge in [-0.25, -0.2) is 0 Å². The summed E-state index contributed by atoms with van der Waals surface area (Å²) in [5, 5.41) is 0. The first kappa shape index (κ1) is 19.0. The van der Waals surface area contributed by atoms with E-state index >= 15 is 0 Å². The van der Waals surface area contributed by atoms with Gasteiger partial charge in [0.25, 0.3) is 0 Å². The van der Waals surface area contributed by atoms with E-state index < -0.39 is 0 Å². The van der Waals surface area contributed by atoms with E-state index in [-0.39, 0.29) is 23.1 Å². The third-order valence-corrected chi connectivity index (χ3v) is 4.46. The Balaban J connectivity index is 1.49. The van der Waals surface area contributed by atoms with Gasteiger partial charge in [0.05, 0.1) is 0 Å². The Labute approximate surface area is 148 Å². The van der Waals surface area contributed by atoms with Crippen LogP contribution in [-0.4, -0.2) is 23.1 Å². The summed E-state index contributed by atoms with van der Waals surface area (Å²) in [6.45, 7) is 0. The first-order chi connectivity index (χ1) is 12.1. The average Bonchev–Trinajstić information content (AvgIpc) is 2.59. The molecular formula is C21H24O4. The molecule has 0 aromatic heterocycles. The highest BCUT2D eigenvalue weighted by Gasteiger charge is 2.13. The zero-order valence-electron chi connectivity index (χ0n) is 14.5. The van der Waals surface area contributed by atoms with Crippen LogP contribution in [0.25, 0.3) is 0 Å². The van der Waals surface area contributed by atoms with Gasteiger partial charge in [-0.3, -0.25) is 19.2 Å². The van der Waals surface area contributed by atoms with Gasteiger partial charge in [-0.2, -0.15) is 0 Å². The van der Waals surface area contributed by atoms with Crippen molar-refractivity contribution in [1.82, 2.24) is 0 Å². The molecular weight excluding hydrogens is 316 g/mol. The van der Waals surface area contributed by atoms with Crippen LogP contribution in [0.5, 0.6) is 0 Å². The number of hydrogen-bond acceptors (Lipinski definition) is 4. The molecule has 2 rings (SSSR count). The molecule has 0 unspecified atom stereocenters. The van der Waals surface area contributed by atoms with E-state index in [1.54, 1.807) is 0 Å². The standard InChI is InChI=1S/C21H24O4/c22-18-10-12-20(24)16(14-18)8-6-4-2-1-3-5-7-9-17-15-19(23)11-13-21(17)25/h10-15H,1-9H2. The zero-order valence-corrected chi connectivity index (χ0v) is 14.5. The molecule has 0 aromatic carbocycles. The van der Waals surface area contributed by atoms with Crippen molar-refractivity contribution in [1.29, 1.82) is 0 Å². The van der Waals surface area contributed by atoms with E-state index in [1.807, 2.05) is 0 Å². The fourth-order valence-electron chi connectivity index (χ4n) is 3.02. The van der Waals surface area contributed by atoms with Gasteiger partial charge in [0.15, 0.2) is 23.1 Å². The maximum atomic E-state index is 11.6. The topological polar surface area (TPSA) is 68.3 Å². The van der Waals surface area contributed by atoms with E-state index in [0.29, 0.717) is 24.0 Å². The largest absolute Gasteiger partial charge is 0.290 e. The van der Waals surface area contributed by atoms with Gasteiger partial charge in [0.1, 0.15) is 0 Å². The van der Waals surface area contributed by atoms with Crippen LogP contribution in [0.1, 0.15) is 57.8 Å². The lowest BCUT2D eigenvalue weighted by Gasteiger charge is -2.07. The molecule has 0 spiro atoms. The highest BCUT2D eigenvalue weighted by Crippen LogP contribution is 2.18. The molecule has 0 aliphatic heterocycles. The lowest BCUT2D eigenvalue weighted by Crippen LogP contribution is -2.07. The van der Waals surface area contributed by atoms with E-state index in [1.165, 1.54) is 36.5 Å². The van der Waals surface area contributed by atoms with Crippen molar-refractivity contribution in [2.24, 2.45) is 0 Å². The molecule has 2 aliphatic carbocycles. The van der Waals surface area contributed by atoms with Gasteiger partial charge in [0, 0.05) is 11.1 Å². The molecule has 2 aliphatic rings. The van der Waals surface area contributed by atoms with E-state index in [4.69, 9.17) is 0 Å². The molecule has 0 radical (unpaired) electrons. The van der Waals surface area contributed by atoms with Crippen molar-refractivity contribution in [3.63, 3.8) is 0 Å². The molecule has 0 saturated heterocycles. The lowest BCUT2D eigenvalue weighted by atomic mass is 9.96. The smallest absolute Gasteiger partial charge is 0.182 e. The fraction of sp³-hybridized carbons (Fsp3) is 0.429. The molecule has 132 valence electrons. The molecule has 0 fully saturated rings. The van der Waals surface area contributed by atoms with Gasteiger partial charge in [-0.05, 0) is 62.1 Å². The van der Waals surface area contributed by atoms with Gasteiger partial charge in [0.2, 0.25) is 0 Å². The highest BCUT2D eigenvalue weighted by atomic mass is 16.1. The molecule has 0 N–H and O–H groups in total. The quantitative estimate of drug-likeness (QED) is 0.448. The minimum Gasteiger partial charge on any atom is -0.290 e. The first-order valence-electron chi connectivity index (χ1n) is 9.00. The Morgan fingerprint density at radius 3 is 1.24 bits per heavy atom. The Hall–Kier alpha value is -2.36. The molecule has 0 atom stereocenters. The maximum Gasteiger partial charge on any atom is 0.182 e. The second-order valence-electron chi connectivity index (χ2n) is 6.51.